The van der Waals surface area contributed by atoms with Crippen LogP contribution in [0.2, 0.25) is 0 Å². The number of ether oxygens (including phenoxy) is 1. The number of ketones is 1. The highest BCUT2D eigenvalue weighted by Crippen LogP contribution is 2.44. The summed E-state index contributed by atoms with van der Waals surface area (Å²) in [7, 11) is 0. The number of fused-ring (bicyclic) bond motifs is 1. The number of nitrogens with zero attached hydrogens (tertiary/aromatic N) is 2. The fourth-order valence-electron chi connectivity index (χ4n) is 4.00. The fourth-order valence-corrected chi connectivity index (χ4v) is 5.02. The Morgan fingerprint density at radius 1 is 1.09 bits per heavy atom. The number of rotatable bonds is 5. The second kappa shape index (κ2) is 8.72. The molecule has 2 heterocycles. The highest BCUT2D eigenvalue weighted by Gasteiger charge is 2.48. The standard InChI is InChI=1S/C26H19FN2O4S/c1-2-33-18-12-13-19-20(14-18)34-26(28-19)29-22(15-6-4-3-5-7-15)21(24(31)25(29)32)23(30)16-8-10-17(27)11-9-16/h3-14,22,30H,2H2,1H3/b23-21+/t22-/m1/s1. The number of benzene rings is 3. The molecule has 0 bridgehead atoms. The van der Waals surface area contributed by atoms with Gasteiger partial charge in [-0.15, -0.1) is 0 Å². The fraction of sp³-hybridized carbons (Fsp3) is 0.115. The van der Waals surface area contributed by atoms with Crippen molar-refractivity contribution >= 4 is 44.1 Å². The third-order valence-corrected chi connectivity index (χ3v) is 6.56. The van der Waals surface area contributed by atoms with Gasteiger partial charge in [-0.3, -0.25) is 14.5 Å². The van der Waals surface area contributed by atoms with Gasteiger partial charge in [0.25, 0.3) is 5.78 Å². The number of carbonyl (C=O) groups is 2. The van der Waals surface area contributed by atoms with Crippen LogP contribution < -0.4 is 9.64 Å². The molecule has 0 spiro atoms. The molecule has 5 rings (SSSR count). The van der Waals surface area contributed by atoms with Gasteiger partial charge >= 0.3 is 5.91 Å². The Morgan fingerprint density at radius 2 is 1.82 bits per heavy atom. The summed E-state index contributed by atoms with van der Waals surface area (Å²) in [5, 5.41) is 11.4. The monoisotopic (exact) mass is 474 g/mol. The van der Waals surface area contributed by atoms with Gasteiger partial charge in [0.05, 0.1) is 28.4 Å². The smallest absolute Gasteiger partial charge is 0.301 e. The van der Waals surface area contributed by atoms with Crippen LogP contribution in [0.5, 0.6) is 5.75 Å². The van der Waals surface area contributed by atoms with E-state index in [0.29, 0.717) is 28.6 Å². The molecule has 1 aromatic heterocycles. The first-order valence-electron chi connectivity index (χ1n) is 10.6. The van der Waals surface area contributed by atoms with Crippen molar-refractivity contribution in [2.24, 2.45) is 0 Å². The van der Waals surface area contributed by atoms with E-state index in [1.54, 1.807) is 36.4 Å². The third kappa shape index (κ3) is 3.72. The Kier molecular flexibility index (Phi) is 5.59. The SMILES string of the molecule is CCOc1ccc2nc(N3C(=O)C(=O)/C(=C(/O)c4ccc(F)cc4)[C@H]3c3ccccc3)sc2c1. The predicted molar refractivity (Wildman–Crippen MR) is 128 cm³/mol. The molecule has 8 heteroatoms. The first-order valence-corrected chi connectivity index (χ1v) is 11.4. The zero-order chi connectivity index (χ0) is 23.8. The highest BCUT2D eigenvalue weighted by atomic mass is 32.1. The van der Waals surface area contributed by atoms with Gasteiger partial charge in [-0.2, -0.15) is 0 Å². The van der Waals surface area contributed by atoms with E-state index in [4.69, 9.17) is 4.74 Å². The summed E-state index contributed by atoms with van der Waals surface area (Å²) >= 11 is 1.26. The maximum absolute atomic E-state index is 13.4. The average Bonchev–Trinajstić information content (AvgIpc) is 3.38. The molecule has 4 aromatic rings. The molecule has 0 unspecified atom stereocenters. The minimum Gasteiger partial charge on any atom is -0.507 e. The molecule has 34 heavy (non-hydrogen) atoms. The second-order valence-electron chi connectivity index (χ2n) is 7.65. The van der Waals surface area contributed by atoms with Crippen LogP contribution in [0.1, 0.15) is 24.1 Å². The van der Waals surface area contributed by atoms with E-state index in [9.17, 15) is 19.1 Å². The summed E-state index contributed by atoms with van der Waals surface area (Å²) in [6, 6.07) is 18.6. The van der Waals surface area contributed by atoms with Crippen LogP contribution >= 0.6 is 11.3 Å². The lowest BCUT2D eigenvalue weighted by Gasteiger charge is -2.22. The van der Waals surface area contributed by atoms with Gasteiger partial charge in [-0.25, -0.2) is 9.37 Å². The predicted octanol–water partition coefficient (Wildman–Crippen LogP) is 5.46. The molecule has 6 nitrogen and oxygen atoms in total. The number of hydrogen-bond acceptors (Lipinski definition) is 6. The van der Waals surface area contributed by atoms with Crippen LogP contribution in [0.4, 0.5) is 9.52 Å². The molecule has 1 aliphatic rings. The van der Waals surface area contributed by atoms with E-state index in [2.05, 4.69) is 4.98 Å². The van der Waals surface area contributed by atoms with Crippen molar-refractivity contribution in [3.05, 3.63) is 95.3 Å². The topological polar surface area (TPSA) is 79.7 Å². The molecule has 0 saturated carbocycles. The number of carbonyl (C=O) groups excluding carboxylic acids is 2. The molecule has 1 amide bonds. The van der Waals surface area contributed by atoms with Gasteiger partial charge < -0.3 is 9.84 Å². The molecular weight excluding hydrogens is 455 g/mol. The van der Waals surface area contributed by atoms with Crippen molar-refractivity contribution in [2.45, 2.75) is 13.0 Å². The zero-order valence-corrected chi connectivity index (χ0v) is 18.9. The lowest BCUT2D eigenvalue weighted by molar-refractivity contribution is -0.132. The molecular formula is C26H19FN2O4S. The number of aromatic nitrogens is 1. The number of aliphatic hydroxyl groups excluding tert-OH is 1. The highest BCUT2D eigenvalue weighted by molar-refractivity contribution is 7.22. The first kappa shape index (κ1) is 21.8. The van der Waals surface area contributed by atoms with Gasteiger partial charge in [0, 0.05) is 5.56 Å². The van der Waals surface area contributed by atoms with E-state index in [0.717, 1.165) is 4.70 Å². The minimum atomic E-state index is -0.891. The number of Topliss-reactive ketones (excluding diaryl/α,β-unsaturated/α-hetero) is 1. The van der Waals surface area contributed by atoms with Crippen LogP contribution in [0.25, 0.3) is 16.0 Å². The maximum atomic E-state index is 13.4. The van der Waals surface area contributed by atoms with E-state index in [-0.39, 0.29) is 16.9 Å². The van der Waals surface area contributed by atoms with Crippen molar-refractivity contribution in [2.75, 3.05) is 11.5 Å². The lowest BCUT2D eigenvalue weighted by atomic mass is 9.95. The third-order valence-electron chi connectivity index (χ3n) is 5.54. The van der Waals surface area contributed by atoms with Gasteiger partial charge in [-0.1, -0.05) is 41.7 Å². The number of thiazole rings is 1. The first-order chi connectivity index (χ1) is 16.5. The van der Waals surface area contributed by atoms with Crippen molar-refractivity contribution in [1.82, 2.24) is 4.98 Å². The summed E-state index contributed by atoms with van der Waals surface area (Å²) in [4.78, 5) is 32.3. The van der Waals surface area contributed by atoms with E-state index in [1.165, 1.54) is 40.5 Å². The molecule has 0 radical (unpaired) electrons. The van der Waals surface area contributed by atoms with Gasteiger partial charge in [-0.05, 0) is 55.0 Å². The van der Waals surface area contributed by atoms with E-state index < -0.39 is 23.5 Å². The maximum Gasteiger partial charge on any atom is 0.301 e. The Labute approximate surface area is 198 Å². The van der Waals surface area contributed by atoms with Crippen LogP contribution in [-0.4, -0.2) is 28.4 Å². The summed E-state index contributed by atoms with van der Waals surface area (Å²) in [5.74, 6) is -1.78. The zero-order valence-electron chi connectivity index (χ0n) is 18.1. The van der Waals surface area contributed by atoms with Crippen LogP contribution in [-0.2, 0) is 9.59 Å². The van der Waals surface area contributed by atoms with E-state index in [1.807, 2.05) is 19.1 Å². The summed E-state index contributed by atoms with van der Waals surface area (Å²) in [6.07, 6.45) is 0. The summed E-state index contributed by atoms with van der Waals surface area (Å²) in [5.41, 5.74) is 1.47. The molecule has 1 aliphatic heterocycles. The Balaban J connectivity index is 1.68. The quantitative estimate of drug-likeness (QED) is 0.236. The van der Waals surface area contributed by atoms with Crippen LogP contribution in [0, 0.1) is 5.82 Å². The minimum absolute atomic E-state index is 0.0722. The van der Waals surface area contributed by atoms with Gasteiger partial charge in [0.1, 0.15) is 17.3 Å². The number of amides is 1. The van der Waals surface area contributed by atoms with Crippen molar-refractivity contribution in [1.29, 1.82) is 0 Å². The lowest BCUT2D eigenvalue weighted by Crippen LogP contribution is -2.29. The van der Waals surface area contributed by atoms with Crippen molar-refractivity contribution < 1.29 is 23.8 Å². The van der Waals surface area contributed by atoms with Gasteiger partial charge in [0.15, 0.2) is 5.13 Å². The Morgan fingerprint density at radius 3 is 2.53 bits per heavy atom. The summed E-state index contributed by atoms with van der Waals surface area (Å²) < 4.78 is 19.8. The molecule has 1 saturated heterocycles. The summed E-state index contributed by atoms with van der Waals surface area (Å²) in [6.45, 7) is 2.41. The Hall–Kier alpha value is -4.04. The number of hydrogen-bond donors (Lipinski definition) is 1. The molecule has 0 aliphatic carbocycles. The Bertz CT molecular complexity index is 1430. The molecule has 1 N–H and O–H groups in total. The molecule has 1 fully saturated rings. The second-order valence-corrected chi connectivity index (χ2v) is 8.65. The molecule has 1 atom stereocenters. The van der Waals surface area contributed by atoms with E-state index >= 15 is 0 Å². The van der Waals surface area contributed by atoms with Crippen molar-refractivity contribution in [3.8, 4) is 5.75 Å². The van der Waals surface area contributed by atoms with Crippen LogP contribution in [0.3, 0.4) is 0 Å². The number of anilines is 1. The molecule has 3 aromatic carbocycles. The average molecular weight is 475 g/mol. The van der Waals surface area contributed by atoms with Gasteiger partial charge in [0.2, 0.25) is 0 Å². The van der Waals surface area contributed by atoms with Crippen molar-refractivity contribution in [3.63, 3.8) is 0 Å². The number of aliphatic hydroxyl groups is 1. The normalized spacial score (nSPS) is 17.5. The molecule has 170 valence electrons. The largest absolute Gasteiger partial charge is 0.507 e. The number of halogens is 1. The van der Waals surface area contributed by atoms with Crippen LogP contribution in [0.15, 0.2) is 78.4 Å².